The van der Waals surface area contributed by atoms with Crippen LogP contribution in [-0.2, 0) is 6.42 Å². The highest BCUT2D eigenvalue weighted by Crippen LogP contribution is 2.23. The zero-order valence-corrected chi connectivity index (χ0v) is 15.3. The minimum Gasteiger partial charge on any atom is -0.338 e. The van der Waals surface area contributed by atoms with E-state index >= 15 is 0 Å². The number of aryl methyl sites for hydroxylation is 2. The molecule has 5 heteroatoms. The first-order chi connectivity index (χ1) is 12.6. The van der Waals surface area contributed by atoms with Gasteiger partial charge in [-0.05, 0) is 50.7 Å². The van der Waals surface area contributed by atoms with Crippen molar-refractivity contribution in [1.29, 1.82) is 0 Å². The predicted octanol–water partition coefficient (Wildman–Crippen LogP) is 3.67. The molecular weight excluding hydrogens is 324 g/mol. The average molecular weight is 348 g/mol. The maximum Gasteiger partial charge on any atom is 0.255 e. The molecule has 0 spiro atoms. The molecule has 2 aromatic heterocycles. The van der Waals surface area contributed by atoms with Crippen molar-refractivity contribution >= 4 is 16.9 Å². The summed E-state index contributed by atoms with van der Waals surface area (Å²) in [6.07, 6.45) is 4.91. The minimum atomic E-state index is 0.0774. The second-order valence-corrected chi connectivity index (χ2v) is 7.39. The predicted molar refractivity (Wildman–Crippen MR) is 102 cm³/mol. The molecule has 0 radical (unpaired) electrons. The van der Waals surface area contributed by atoms with E-state index in [0.29, 0.717) is 17.1 Å². The van der Waals surface area contributed by atoms with Crippen LogP contribution in [0.15, 0.2) is 36.5 Å². The van der Waals surface area contributed by atoms with Crippen LogP contribution in [0.5, 0.6) is 0 Å². The van der Waals surface area contributed by atoms with Crippen molar-refractivity contribution in [2.24, 2.45) is 5.92 Å². The van der Waals surface area contributed by atoms with Crippen LogP contribution in [0.25, 0.3) is 11.0 Å². The largest absolute Gasteiger partial charge is 0.338 e. The first-order valence-electron chi connectivity index (χ1n) is 9.25. The van der Waals surface area contributed by atoms with E-state index in [-0.39, 0.29) is 5.91 Å². The fraction of sp³-hybridized carbons (Fsp3) is 0.381. The van der Waals surface area contributed by atoms with Gasteiger partial charge in [-0.1, -0.05) is 29.8 Å². The highest BCUT2D eigenvalue weighted by atomic mass is 16.2. The lowest BCUT2D eigenvalue weighted by atomic mass is 9.90. The number of H-pyrrole nitrogens is 1. The van der Waals surface area contributed by atoms with Crippen molar-refractivity contribution in [3.8, 4) is 0 Å². The molecule has 4 rings (SSSR count). The van der Waals surface area contributed by atoms with Crippen molar-refractivity contribution in [1.82, 2.24) is 20.1 Å². The van der Waals surface area contributed by atoms with E-state index in [1.54, 1.807) is 6.20 Å². The van der Waals surface area contributed by atoms with Gasteiger partial charge in [0, 0.05) is 30.4 Å². The molecule has 1 fully saturated rings. The number of fused-ring (bicyclic) bond motifs is 1. The van der Waals surface area contributed by atoms with Crippen LogP contribution >= 0.6 is 0 Å². The number of nitrogens with zero attached hydrogens (tertiary/aromatic N) is 3. The molecule has 1 atom stereocenters. The van der Waals surface area contributed by atoms with Gasteiger partial charge in [0.2, 0.25) is 0 Å². The number of carbonyl (C=O) groups is 1. The van der Waals surface area contributed by atoms with Gasteiger partial charge in [0.1, 0.15) is 0 Å². The van der Waals surface area contributed by atoms with Gasteiger partial charge in [-0.15, -0.1) is 0 Å². The quantitative estimate of drug-likeness (QED) is 0.785. The van der Waals surface area contributed by atoms with Gasteiger partial charge in [-0.25, -0.2) is 4.98 Å². The Hall–Kier alpha value is -2.69. The molecule has 1 aliphatic rings. The van der Waals surface area contributed by atoms with Crippen LogP contribution in [0.2, 0.25) is 0 Å². The van der Waals surface area contributed by atoms with Gasteiger partial charge in [0.15, 0.2) is 5.65 Å². The van der Waals surface area contributed by atoms with Crippen LogP contribution in [0.4, 0.5) is 0 Å². The van der Waals surface area contributed by atoms with Crippen LogP contribution in [-0.4, -0.2) is 39.1 Å². The first-order valence-corrected chi connectivity index (χ1v) is 9.25. The average Bonchev–Trinajstić information content (AvgIpc) is 3.04. The summed E-state index contributed by atoms with van der Waals surface area (Å²) in [5.41, 5.74) is 4.89. The maximum atomic E-state index is 13.0. The van der Waals surface area contributed by atoms with Crippen molar-refractivity contribution in [3.05, 3.63) is 58.9 Å². The normalized spacial score (nSPS) is 17.6. The molecule has 1 unspecified atom stereocenters. The second kappa shape index (κ2) is 6.90. The molecule has 3 heterocycles. The molecule has 26 heavy (non-hydrogen) atoms. The zero-order valence-electron chi connectivity index (χ0n) is 15.3. The van der Waals surface area contributed by atoms with Crippen LogP contribution in [0.3, 0.4) is 0 Å². The number of benzene rings is 1. The lowest BCUT2D eigenvalue weighted by Crippen LogP contribution is -2.40. The summed E-state index contributed by atoms with van der Waals surface area (Å²) in [5, 5.41) is 7.98. The van der Waals surface area contributed by atoms with Gasteiger partial charge in [-0.3, -0.25) is 9.89 Å². The van der Waals surface area contributed by atoms with Crippen molar-refractivity contribution < 1.29 is 4.79 Å². The summed E-state index contributed by atoms with van der Waals surface area (Å²) >= 11 is 0. The number of likely N-dealkylation sites (tertiary alicyclic amines) is 1. The van der Waals surface area contributed by atoms with Crippen LogP contribution in [0, 0.1) is 19.8 Å². The Morgan fingerprint density at radius 2 is 2.08 bits per heavy atom. The highest BCUT2D eigenvalue weighted by molar-refractivity contribution is 5.97. The number of pyridine rings is 1. The van der Waals surface area contributed by atoms with E-state index in [2.05, 4.69) is 46.4 Å². The number of hydrogen-bond acceptors (Lipinski definition) is 3. The third-order valence-electron chi connectivity index (χ3n) is 5.30. The van der Waals surface area contributed by atoms with Gasteiger partial charge in [0.05, 0.1) is 5.56 Å². The molecule has 3 aromatic rings. The molecule has 5 nitrogen and oxygen atoms in total. The Morgan fingerprint density at radius 1 is 1.27 bits per heavy atom. The Bertz CT molecular complexity index is 929. The van der Waals surface area contributed by atoms with Gasteiger partial charge >= 0.3 is 0 Å². The summed E-state index contributed by atoms with van der Waals surface area (Å²) in [7, 11) is 0. The Kier molecular flexibility index (Phi) is 4.45. The maximum absolute atomic E-state index is 13.0. The number of rotatable bonds is 3. The topological polar surface area (TPSA) is 61.9 Å². The van der Waals surface area contributed by atoms with E-state index in [1.807, 2.05) is 17.9 Å². The molecule has 1 N–H and O–H groups in total. The summed E-state index contributed by atoms with van der Waals surface area (Å²) < 4.78 is 0. The number of nitrogens with one attached hydrogen (secondary N) is 1. The van der Waals surface area contributed by atoms with Crippen molar-refractivity contribution in [2.75, 3.05) is 13.1 Å². The molecule has 0 aliphatic carbocycles. The first kappa shape index (κ1) is 16.8. The smallest absolute Gasteiger partial charge is 0.255 e. The third kappa shape index (κ3) is 3.34. The number of amides is 1. The third-order valence-corrected chi connectivity index (χ3v) is 5.30. The van der Waals surface area contributed by atoms with E-state index in [1.165, 1.54) is 17.5 Å². The molecule has 1 aromatic carbocycles. The minimum absolute atomic E-state index is 0.0774. The SMILES string of the molecule is Cc1ccc(CC2CCCN(C(=O)c3cnc4n[nH]c(C)c4c3)C2)cc1. The molecule has 1 amide bonds. The second-order valence-electron chi connectivity index (χ2n) is 7.39. The lowest BCUT2D eigenvalue weighted by molar-refractivity contribution is 0.0673. The zero-order chi connectivity index (χ0) is 18.1. The number of aromatic nitrogens is 3. The fourth-order valence-corrected chi connectivity index (χ4v) is 3.79. The van der Waals surface area contributed by atoms with Gasteiger partial charge in [-0.2, -0.15) is 5.10 Å². The van der Waals surface area contributed by atoms with Crippen molar-refractivity contribution in [3.63, 3.8) is 0 Å². The number of carbonyl (C=O) groups excluding carboxylic acids is 1. The summed E-state index contributed by atoms with van der Waals surface area (Å²) in [5.74, 6) is 0.594. The molecular formula is C21H24N4O. The van der Waals surface area contributed by atoms with E-state index in [9.17, 15) is 4.79 Å². The van der Waals surface area contributed by atoms with Crippen LogP contribution < -0.4 is 0 Å². The van der Waals surface area contributed by atoms with Gasteiger partial charge < -0.3 is 4.90 Å². The molecule has 0 bridgehead atoms. The van der Waals surface area contributed by atoms with E-state index < -0.39 is 0 Å². The molecule has 1 saturated heterocycles. The standard InChI is InChI=1S/C21H24N4O/c1-14-5-7-16(8-6-14)10-17-4-3-9-25(13-17)21(26)18-11-19-15(2)23-24-20(19)22-12-18/h5-8,11-12,17H,3-4,9-10,13H2,1-2H3,(H,22,23,24). The summed E-state index contributed by atoms with van der Waals surface area (Å²) in [6, 6.07) is 10.6. The number of piperidine rings is 1. The Labute approximate surface area is 153 Å². The van der Waals surface area contributed by atoms with Crippen LogP contribution in [0.1, 0.15) is 40.0 Å². The molecule has 134 valence electrons. The monoisotopic (exact) mass is 348 g/mol. The highest BCUT2D eigenvalue weighted by Gasteiger charge is 2.25. The van der Waals surface area contributed by atoms with E-state index in [0.717, 1.165) is 37.0 Å². The lowest BCUT2D eigenvalue weighted by Gasteiger charge is -2.33. The molecule has 0 saturated carbocycles. The van der Waals surface area contributed by atoms with Gasteiger partial charge in [0.25, 0.3) is 5.91 Å². The Morgan fingerprint density at radius 3 is 2.88 bits per heavy atom. The fourth-order valence-electron chi connectivity index (χ4n) is 3.79. The summed E-state index contributed by atoms with van der Waals surface area (Å²) in [6.45, 7) is 5.70. The number of aromatic amines is 1. The van der Waals surface area contributed by atoms with Crippen molar-refractivity contribution in [2.45, 2.75) is 33.1 Å². The van der Waals surface area contributed by atoms with E-state index in [4.69, 9.17) is 0 Å². The number of hydrogen-bond donors (Lipinski definition) is 1. The Balaban J connectivity index is 1.48. The summed E-state index contributed by atoms with van der Waals surface area (Å²) in [4.78, 5) is 19.3. The molecule has 1 aliphatic heterocycles.